The Hall–Kier alpha value is -9.71. The summed E-state index contributed by atoms with van der Waals surface area (Å²) < 4.78 is 283. The number of fused-ring (bicyclic) bond motifs is 1. The Morgan fingerprint density at radius 1 is 0.443 bits per heavy atom. The summed E-state index contributed by atoms with van der Waals surface area (Å²) in [7, 11) is -16.0. The molecule has 1 N–H and O–H groups in total. The van der Waals surface area contributed by atoms with Crippen LogP contribution in [0.2, 0.25) is 0 Å². The van der Waals surface area contributed by atoms with Crippen LogP contribution in [0.1, 0.15) is 71.4 Å². The fourth-order valence-corrected chi connectivity index (χ4v) is 13.4. The van der Waals surface area contributed by atoms with Crippen molar-refractivity contribution in [2.45, 2.75) is 93.5 Å². The monoisotopic (exact) mass is 1750 g/mol. The van der Waals surface area contributed by atoms with Crippen molar-refractivity contribution in [3.8, 4) is 56.6 Å². The second-order valence-electron chi connectivity index (χ2n) is 24.3. The highest BCUT2D eigenvalue weighted by Gasteiger charge is 2.45. The predicted octanol–water partition coefficient (Wildman–Crippen LogP) is 19.4. The first-order chi connectivity index (χ1) is 53.6. The zero-order valence-corrected chi connectivity index (χ0v) is 67.7. The van der Waals surface area contributed by atoms with Crippen LogP contribution in [0.15, 0.2) is 222 Å². The molecule has 618 valence electrons. The van der Waals surface area contributed by atoms with Gasteiger partial charge in [-0.05, 0) is 119 Å². The summed E-state index contributed by atoms with van der Waals surface area (Å²) in [5.74, 6) is 2.97. The van der Waals surface area contributed by atoms with Crippen molar-refractivity contribution in [1.29, 1.82) is 0 Å². The number of nitrogens with zero attached hydrogens (tertiary/aromatic N) is 4. The van der Waals surface area contributed by atoms with E-state index in [4.69, 9.17) is 17.7 Å². The van der Waals surface area contributed by atoms with E-state index in [9.17, 15) is 92.0 Å². The van der Waals surface area contributed by atoms with Gasteiger partial charge in [0.25, 0.3) is 0 Å². The molecule has 4 heterocycles. The minimum absolute atomic E-state index is 0.0136. The number of rotatable bonds is 25. The molecule has 4 aromatic heterocycles. The van der Waals surface area contributed by atoms with Crippen LogP contribution in [-0.2, 0) is 63.9 Å². The number of aliphatic hydroxyl groups is 1. The van der Waals surface area contributed by atoms with Crippen molar-refractivity contribution in [3.05, 3.63) is 219 Å². The van der Waals surface area contributed by atoms with Crippen molar-refractivity contribution in [3.63, 3.8) is 0 Å². The number of furan rings is 3. The van der Waals surface area contributed by atoms with Gasteiger partial charge in [0.1, 0.15) is 55.5 Å². The molecule has 0 aliphatic carbocycles. The van der Waals surface area contributed by atoms with Crippen LogP contribution in [0, 0.1) is 20.8 Å². The van der Waals surface area contributed by atoms with Crippen LogP contribution < -0.4 is 5.63 Å². The van der Waals surface area contributed by atoms with Crippen LogP contribution in [0.4, 0.5) is 52.7 Å². The lowest BCUT2D eigenvalue weighted by Crippen LogP contribution is -2.31. The summed E-state index contributed by atoms with van der Waals surface area (Å²) >= 11 is 4.49. The van der Waals surface area contributed by atoms with Gasteiger partial charge in [0.05, 0.1) is 47.3 Å². The van der Waals surface area contributed by atoms with Gasteiger partial charge in [-0.3, -0.25) is 12.9 Å². The van der Waals surface area contributed by atoms with Gasteiger partial charge in [0, 0.05) is 53.5 Å². The number of hydrogen-bond donors (Lipinski definition) is 1. The maximum Gasteiger partial charge on any atom is 0.437 e. The Kier molecular flexibility index (Phi) is 31.2. The molecule has 0 radical (unpaired) electrons. The first-order valence-electron chi connectivity index (χ1n) is 33.1. The first-order valence-corrected chi connectivity index (χ1v) is 43.8. The molecule has 1 unspecified atom stereocenters. The van der Waals surface area contributed by atoms with Gasteiger partial charge >= 0.3 is 60.7 Å². The van der Waals surface area contributed by atoms with Crippen LogP contribution in [0.3, 0.4) is 0 Å². The summed E-state index contributed by atoms with van der Waals surface area (Å²) in [5, 5.41) is 21.3. The molecule has 115 heavy (non-hydrogen) atoms. The van der Waals surface area contributed by atoms with Gasteiger partial charge in [0.2, 0.25) is 0 Å². The summed E-state index contributed by atoms with van der Waals surface area (Å²) in [6, 6.07) is 43.6. The highest BCUT2D eigenvalue weighted by atomic mass is 32.2. The molecular weight excluding hydrogens is 1680 g/mol. The molecule has 0 spiro atoms. The van der Waals surface area contributed by atoms with Crippen molar-refractivity contribution in [1.82, 2.24) is 0 Å². The third-order valence-electron chi connectivity index (χ3n) is 15.2. The average Bonchev–Trinajstić information content (AvgIpc) is 1.52. The lowest BCUT2D eigenvalue weighted by molar-refractivity contribution is -0.0607. The standard InChI is InChI=1S/C21H18F3NO4S3.C21H18F3NO4S.C17H18F3NO4S2.C16H16F3NO5S/c1-30-15-8-4-13(5-9-15)18-12-17(20(21(22,23)24)25-29-32(3,26)27)19(28-18)14-6-10-16(31-2)11-7-14;1-13-4-8-15(9-5-13)18-12-17(19(28-18)16-10-6-14(2)7-11-16)20(21(22,23)24)25-29-30(3,26)27;1-4-9-27(22,23)25-21-16(17(18,19)20)14-10-11(2)24-15(14)12-5-7-13(26-3)8-6-12;1-3-8-26(2,23)25-20-14(16(17,18)19)13-11(9-21)10-6-4-5-7-12(10)24-15(13)22/h4-12H,1-3H3;4-12H,1-3H3;5-8,10H,4,9H2,1-3H3;4-7,21H,2-3,8-9H2,1H3/b;;;20-14-. The Bertz CT molecular complexity index is 5710. The van der Waals surface area contributed by atoms with Crippen LogP contribution >= 0.6 is 35.3 Å². The van der Waals surface area contributed by atoms with Crippen molar-refractivity contribution >= 4 is 115 Å². The quantitative estimate of drug-likeness (QED) is 0.0139. The number of benzene rings is 6. The second-order valence-corrected chi connectivity index (χ2v) is 33.8. The van der Waals surface area contributed by atoms with Crippen molar-refractivity contribution < 1.29 is 122 Å². The number of oxime groups is 4. The van der Waals surface area contributed by atoms with Gasteiger partial charge in [-0.1, -0.05) is 149 Å². The highest BCUT2D eigenvalue weighted by Crippen LogP contribution is 2.41. The second kappa shape index (κ2) is 38.8. The molecule has 10 rings (SSSR count). The summed E-state index contributed by atoms with van der Waals surface area (Å²) in [5.41, 5.74) is -5.95. The van der Waals surface area contributed by atoms with Crippen LogP contribution in [-0.4, -0.2) is 131 Å². The van der Waals surface area contributed by atoms with E-state index >= 15 is 0 Å². The largest absolute Gasteiger partial charge is 0.461 e. The number of thioether (sulfide) groups is 3. The molecule has 0 bridgehead atoms. The van der Waals surface area contributed by atoms with E-state index in [1.165, 1.54) is 78.6 Å². The fraction of sp³-hybridized carbons (Fsp3) is 0.253. The first kappa shape index (κ1) is 92.5. The van der Waals surface area contributed by atoms with Crippen molar-refractivity contribution in [2.75, 3.05) is 42.8 Å². The van der Waals surface area contributed by atoms with Crippen molar-refractivity contribution in [2.24, 2.45) is 20.6 Å². The van der Waals surface area contributed by atoms with Gasteiger partial charge in [-0.15, -0.1) is 35.3 Å². The lowest BCUT2D eigenvalue weighted by Gasteiger charge is -2.14. The predicted molar refractivity (Wildman–Crippen MR) is 420 cm³/mol. The summed E-state index contributed by atoms with van der Waals surface area (Å²) in [6.45, 7) is 7.55. The smallest absolute Gasteiger partial charge is 0.437 e. The third kappa shape index (κ3) is 26.4. The Morgan fingerprint density at radius 3 is 1.15 bits per heavy atom. The Balaban J connectivity index is 0.000000213. The fourth-order valence-electron chi connectivity index (χ4n) is 10.1. The third-order valence-corrected chi connectivity index (χ3v) is 20.7. The topological polar surface area (TPSA) is 296 Å². The number of aryl methyl sites for hydroxylation is 3. The SMILES string of the molecule is C=S(=O)(CCC)O/N=C(/c1c(CO)c2ccccc2oc1=O)C(F)(F)F.CCCS(=O)(=O)ON=C(c1cc(C)oc1-c1ccc(SC)cc1)C(F)(F)F.CSc1ccc(-c2cc(C(=NOS(C)(=O)=O)C(F)(F)F)c(-c3ccc(SC)cc3)o2)cc1.Cc1ccc(-c2cc(C(=NOS(C)(=O)=O)C(F)(F)F)c(-c3ccc(C)cc3)o2)cc1. The molecule has 1 atom stereocenters. The van der Waals surface area contributed by atoms with E-state index in [-0.39, 0.29) is 68.8 Å². The van der Waals surface area contributed by atoms with E-state index < -0.39 is 122 Å². The molecule has 0 saturated heterocycles. The summed E-state index contributed by atoms with van der Waals surface area (Å²) in [6.07, 6.45) is -12.6. The molecule has 6 aromatic carbocycles. The zero-order valence-electron chi connectivity index (χ0n) is 62.0. The lowest BCUT2D eigenvalue weighted by atomic mass is 10.0. The van der Waals surface area contributed by atoms with Crippen LogP contribution in [0.5, 0.6) is 0 Å². The normalized spacial score (nSPS) is 13.3. The molecule has 40 heteroatoms. The van der Waals surface area contributed by atoms with Crippen LogP contribution in [0.25, 0.3) is 67.6 Å². The number of para-hydroxylation sites is 1. The molecular formula is C75H70F12N4O17S7. The molecule has 10 aromatic rings. The minimum atomic E-state index is -5.12. The molecule has 0 amide bonds. The highest BCUT2D eigenvalue weighted by molar-refractivity contribution is 7.99. The van der Waals surface area contributed by atoms with Gasteiger partial charge in [-0.25, -0.2) is 9.00 Å². The maximum absolute atomic E-state index is 13.9. The number of alkyl halides is 12. The molecule has 0 fully saturated rings. The molecule has 0 aliphatic heterocycles. The minimum Gasteiger partial charge on any atom is -0.461 e. The number of halogens is 12. The van der Waals surface area contributed by atoms with Gasteiger partial charge < -0.3 is 27.1 Å². The Labute approximate surface area is 665 Å². The molecule has 0 saturated carbocycles. The van der Waals surface area contributed by atoms with E-state index in [0.29, 0.717) is 46.7 Å². The van der Waals surface area contributed by atoms with Gasteiger partial charge in [0.15, 0.2) is 22.8 Å². The molecule has 21 nitrogen and oxygen atoms in total. The average molecular weight is 1750 g/mol. The molecule has 0 aliphatic rings. The van der Waals surface area contributed by atoms with Gasteiger partial charge in [-0.2, -0.15) is 77.9 Å². The maximum atomic E-state index is 13.9. The van der Waals surface area contributed by atoms with E-state index in [1.807, 2.05) is 44.7 Å². The van der Waals surface area contributed by atoms with E-state index in [2.05, 4.69) is 43.6 Å². The van der Waals surface area contributed by atoms with E-state index in [0.717, 1.165) is 31.9 Å². The number of hydrogen-bond acceptors (Lipinski definition) is 24. The number of aliphatic hydroxyl groups excluding tert-OH is 1. The summed E-state index contributed by atoms with van der Waals surface area (Å²) in [4.78, 5) is 15.0. The zero-order chi connectivity index (χ0) is 85.4. The van der Waals surface area contributed by atoms with E-state index in [1.54, 1.807) is 123 Å². The Morgan fingerprint density at radius 2 is 0.783 bits per heavy atom.